The molecule has 0 fully saturated rings. The predicted molar refractivity (Wildman–Crippen MR) is 113 cm³/mol. The van der Waals surface area contributed by atoms with Crippen molar-refractivity contribution in [1.82, 2.24) is 4.37 Å². The highest BCUT2D eigenvalue weighted by atomic mass is 32.1. The van der Waals surface area contributed by atoms with E-state index in [1.54, 1.807) is 31.2 Å². The summed E-state index contributed by atoms with van der Waals surface area (Å²) in [5, 5.41) is 11.3. The second kappa shape index (κ2) is 9.47. The van der Waals surface area contributed by atoms with Crippen LogP contribution in [0.15, 0.2) is 60.0 Å². The number of hydrogen-bond donors (Lipinski definition) is 1. The number of nitrogens with zero attached hydrogens (tertiary/aromatic N) is 1. The van der Waals surface area contributed by atoms with E-state index < -0.39 is 17.8 Å². The lowest BCUT2D eigenvalue weighted by atomic mass is 9.82. The summed E-state index contributed by atoms with van der Waals surface area (Å²) < 4.78 is 9.98. The van der Waals surface area contributed by atoms with E-state index in [9.17, 15) is 14.7 Å². The standard InChI is InChI=1S/C23H23NO4S/c1-15-6-3-4-9-20(15)21(12-16(2)23(26)27)22(25)17-7-5-8-19(13-17)28-14-18-10-11-29-24-18/h3-11,13,16,21H,12,14H2,1-2H3,(H,26,27). The Kier molecular flexibility index (Phi) is 6.77. The fourth-order valence-corrected chi connectivity index (χ4v) is 3.74. The molecule has 3 rings (SSSR count). The van der Waals surface area contributed by atoms with Gasteiger partial charge in [-0.3, -0.25) is 9.59 Å². The Labute approximate surface area is 174 Å². The quantitative estimate of drug-likeness (QED) is 0.497. The van der Waals surface area contributed by atoms with Crippen LogP contribution >= 0.6 is 11.5 Å². The summed E-state index contributed by atoms with van der Waals surface area (Å²) in [7, 11) is 0. The van der Waals surface area contributed by atoms with Gasteiger partial charge in [-0.2, -0.15) is 4.37 Å². The topological polar surface area (TPSA) is 76.5 Å². The summed E-state index contributed by atoms with van der Waals surface area (Å²) in [5.41, 5.74) is 3.17. The van der Waals surface area contributed by atoms with Crippen LogP contribution in [0, 0.1) is 12.8 Å². The molecule has 2 aromatic carbocycles. The molecule has 1 aromatic heterocycles. The van der Waals surface area contributed by atoms with Gasteiger partial charge in [0.2, 0.25) is 0 Å². The molecule has 1 heterocycles. The van der Waals surface area contributed by atoms with Crippen molar-refractivity contribution < 1.29 is 19.4 Å². The second-order valence-electron chi connectivity index (χ2n) is 7.06. The molecule has 0 aliphatic carbocycles. The van der Waals surface area contributed by atoms with E-state index in [0.717, 1.165) is 16.8 Å². The van der Waals surface area contributed by atoms with Gasteiger partial charge in [-0.1, -0.05) is 43.3 Å². The first-order valence-electron chi connectivity index (χ1n) is 9.40. The number of carbonyl (C=O) groups excluding carboxylic acids is 1. The van der Waals surface area contributed by atoms with E-state index in [1.165, 1.54) is 11.5 Å². The Morgan fingerprint density at radius 2 is 1.93 bits per heavy atom. The molecule has 0 amide bonds. The maximum Gasteiger partial charge on any atom is 0.306 e. The molecule has 0 aliphatic rings. The number of carbonyl (C=O) groups is 2. The number of rotatable bonds is 9. The highest BCUT2D eigenvalue weighted by Crippen LogP contribution is 2.31. The first-order chi connectivity index (χ1) is 14.0. The van der Waals surface area contributed by atoms with Gasteiger partial charge in [-0.05, 0) is 54.2 Å². The number of ketones is 1. The average Bonchev–Trinajstić information content (AvgIpc) is 3.24. The first kappa shape index (κ1) is 20.7. The Morgan fingerprint density at radius 3 is 2.62 bits per heavy atom. The number of carboxylic acid groups (broad SMARTS) is 1. The van der Waals surface area contributed by atoms with Gasteiger partial charge in [0, 0.05) is 16.9 Å². The first-order valence-corrected chi connectivity index (χ1v) is 10.2. The summed E-state index contributed by atoms with van der Waals surface area (Å²) in [6, 6.07) is 16.5. The van der Waals surface area contributed by atoms with Gasteiger partial charge >= 0.3 is 5.97 Å². The number of aryl methyl sites for hydroxylation is 1. The maximum absolute atomic E-state index is 13.4. The molecule has 2 unspecified atom stereocenters. The number of hydrogen-bond acceptors (Lipinski definition) is 5. The minimum Gasteiger partial charge on any atom is -0.487 e. The normalized spacial score (nSPS) is 12.9. The molecule has 3 aromatic rings. The van der Waals surface area contributed by atoms with Crippen LogP contribution in [0.25, 0.3) is 0 Å². The highest BCUT2D eigenvalue weighted by Gasteiger charge is 2.28. The van der Waals surface area contributed by atoms with E-state index in [0.29, 0.717) is 17.9 Å². The number of benzene rings is 2. The molecular formula is C23H23NO4S. The van der Waals surface area contributed by atoms with Crippen LogP contribution in [-0.2, 0) is 11.4 Å². The Bertz CT molecular complexity index is 984. The lowest BCUT2D eigenvalue weighted by Crippen LogP contribution is -2.21. The molecule has 1 N–H and O–H groups in total. The van der Waals surface area contributed by atoms with Crippen molar-refractivity contribution in [2.24, 2.45) is 5.92 Å². The molecule has 0 aliphatic heterocycles. The van der Waals surface area contributed by atoms with Gasteiger partial charge in [-0.15, -0.1) is 0 Å². The highest BCUT2D eigenvalue weighted by molar-refractivity contribution is 7.03. The molecule has 0 bridgehead atoms. The van der Waals surface area contributed by atoms with Crippen LogP contribution in [0.1, 0.15) is 46.4 Å². The van der Waals surface area contributed by atoms with Crippen molar-refractivity contribution in [2.45, 2.75) is 32.8 Å². The fraction of sp³-hybridized carbons (Fsp3) is 0.261. The van der Waals surface area contributed by atoms with Crippen LogP contribution in [-0.4, -0.2) is 21.2 Å². The van der Waals surface area contributed by atoms with Crippen LogP contribution in [0.2, 0.25) is 0 Å². The number of carboxylic acids is 1. The molecular weight excluding hydrogens is 386 g/mol. The molecule has 150 valence electrons. The monoisotopic (exact) mass is 409 g/mol. The van der Waals surface area contributed by atoms with E-state index >= 15 is 0 Å². The third-order valence-corrected chi connectivity index (χ3v) is 5.49. The summed E-state index contributed by atoms with van der Waals surface area (Å²) in [5.74, 6) is -1.59. The third kappa shape index (κ3) is 5.29. The Hall–Kier alpha value is -2.99. The summed E-state index contributed by atoms with van der Waals surface area (Å²) in [6.45, 7) is 3.90. The summed E-state index contributed by atoms with van der Waals surface area (Å²) in [6.07, 6.45) is 0.239. The van der Waals surface area contributed by atoms with Crippen LogP contribution in [0.3, 0.4) is 0 Å². The minimum absolute atomic E-state index is 0.105. The number of ether oxygens (including phenoxy) is 1. The Balaban J connectivity index is 1.86. The molecule has 0 saturated carbocycles. The minimum atomic E-state index is -0.906. The van der Waals surface area contributed by atoms with E-state index in [2.05, 4.69) is 4.37 Å². The van der Waals surface area contributed by atoms with Gasteiger partial charge in [0.25, 0.3) is 0 Å². The third-order valence-electron chi connectivity index (χ3n) is 4.89. The van der Waals surface area contributed by atoms with Crippen LogP contribution < -0.4 is 4.74 Å². The number of aliphatic carboxylic acids is 1. The fourth-order valence-electron chi connectivity index (χ4n) is 3.22. The molecule has 0 spiro atoms. The van der Waals surface area contributed by atoms with E-state index in [-0.39, 0.29) is 12.2 Å². The van der Waals surface area contributed by atoms with Crippen LogP contribution in [0.5, 0.6) is 5.75 Å². The summed E-state index contributed by atoms with van der Waals surface area (Å²) >= 11 is 1.36. The van der Waals surface area contributed by atoms with E-state index in [4.69, 9.17) is 4.74 Å². The van der Waals surface area contributed by atoms with Gasteiger partial charge in [0.1, 0.15) is 12.4 Å². The number of aromatic nitrogens is 1. The maximum atomic E-state index is 13.4. The lowest BCUT2D eigenvalue weighted by Gasteiger charge is -2.21. The van der Waals surface area contributed by atoms with Crippen molar-refractivity contribution in [1.29, 1.82) is 0 Å². The average molecular weight is 410 g/mol. The molecule has 0 radical (unpaired) electrons. The van der Waals surface area contributed by atoms with Crippen molar-refractivity contribution in [3.05, 3.63) is 82.4 Å². The second-order valence-corrected chi connectivity index (χ2v) is 7.72. The zero-order valence-corrected chi connectivity index (χ0v) is 17.2. The van der Waals surface area contributed by atoms with Gasteiger partial charge < -0.3 is 9.84 Å². The zero-order chi connectivity index (χ0) is 20.8. The van der Waals surface area contributed by atoms with E-state index in [1.807, 2.05) is 42.6 Å². The predicted octanol–water partition coefficient (Wildman–Crippen LogP) is 5.11. The Morgan fingerprint density at radius 1 is 1.14 bits per heavy atom. The smallest absolute Gasteiger partial charge is 0.306 e. The zero-order valence-electron chi connectivity index (χ0n) is 16.4. The SMILES string of the molecule is Cc1ccccc1C(CC(C)C(=O)O)C(=O)c1cccc(OCc2ccsn2)c1. The van der Waals surface area contributed by atoms with Gasteiger partial charge in [0.05, 0.1) is 11.6 Å². The van der Waals surface area contributed by atoms with Crippen LogP contribution in [0.4, 0.5) is 0 Å². The largest absolute Gasteiger partial charge is 0.487 e. The van der Waals surface area contributed by atoms with Gasteiger partial charge in [0.15, 0.2) is 5.78 Å². The lowest BCUT2D eigenvalue weighted by molar-refractivity contribution is -0.141. The molecule has 0 saturated heterocycles. The molecule has 5 nitrogen and oxygen atoms in total. The van der Waals surface area contributed by atoms with Crippen molar-refractivity contribution in [3.8, 4) is 5.75 Å². The van der Waals surface area contributed by atoms with Crippen molar-refractivity contribution in [2.75, 3.05) is 0 Å². The van der Waals surface area contributed by atoms with Crippen molar-refractivity contribution in [3.63, 3.8) is 0 Å². The number of Topliss-reactive ketones (excluding diaryl/α,β-unsaturated/α-hetero) is 1. The molecule has 29 heavy (non-hydrogen) atoms. The molecule has 6 heteroatoms. The van der Waals surface area contributed by atoms with Gasteiger partial charge in [-0.25, -0.2) is 0 Å². The molecule has 2 atom stereocenters. The van der Waals surface area contributed by atoms with Crippen molar-refractivity contribution >= 4 is 23.3 Å². The summed E-state index contributed by atoms with van der Waals surface area (Å²) in [4.78, 5) is 24.8.